The number of carbonyl (C=O) groups excluding carboxylic acids is 2. The van der Waals surface area contributed by atoms with Crippen LogP contribution < -0.4 is 0 Å². The Bertz CT molecular complexity index is 582. The van der Waals surface area contributed by atoms with Crippen molar-refractivity contribution < 1.29 is 19.4 Å². The van der Waals surface area contributed by atoms with Gasteiger partial charge in [0.05, 0.1) is 6.61 Å². The first-order valence-electron chi connectivity index (χ1n) is 7.98. The second-order valence-electron chi connectivity index (χ2n) is 5.61. The molecule has 124 valence electrons. The first-order chi connectivity index (χ1) is 11.1. The van der Waals surface area contributed by atoms with Gasteiger partial charge in [-0.15, -0.1) is 0 Å². The van der Waals surface area contributed by atoms with Crippen molar-refractivity contribution in [1.82, 2.24) is 4.90 Å². The third-order valence-corrected chi connectivity index (χ3v) is 3.91. The summed E-state index contributed by atoms with van der Waals surface area (Å²) in [6.07, 6.45) is 6.44. The van der Waals surface area contributed by atoms with Crippen LogP contribution in [0.1, 0.15) is 31.7 Å². The molecular weight excluding hydrogens is 294 g/mol. The molecule has 0 aromatic heterocycles. The van der Waals surface area contributed by atoms with Crippen LogP contribution in [0.5, 0.6) is 5.75 Å². The summed E-state index contributed by atoms with van der Waals surface area (Å²) in [5.74, 6) is -0.480. The molecule has 1 aliphatic carbocycles. The molecular formula is C18H23NO4. The topological polar surface area (TPSA) is 66.8 Å². The molecule has 0 fully saturated rings. The fourth-order valence-corrected chi connectivity index (χ4v) is 2.70. The Hall–Kier alpha value is -2.30. The van der Waals surface area contributed by atoms with Crippen LogP contribution in [-0.4, -0.2) is 35.0 Å². The van der Waals surface area contributed by atoms with Gasteiger partial charge in [-0.3, -0.25) is 9.59 Å². The number of nitrogens with zero attached hydrogens (tertiary/aromatic N) is 1. The summed E-state index contributed by atoms with van der Waals surface area (Å²) in [6.45, 7) is 2.12. The zero-order chi connectivity index (χ0) is 16.7. The molecule has 1 aromatic carbocycles. The number of para-hydroxylation sites is 1. The molecule has 0 heterocycles. The van der Waals surface area contributed by atoms with Gasteiger partial charge in [0.2, 0.25) is 5.91 Å². The maximum atomic E-state index is 12.8. The van der Waals surface area contributed by atoms with Crippen molar-refractivity contribution in [3.63, 3.8) is 0 Å². The van der Waals surface area contributed by atoms with E-state index in [1.807, 2.05) is 6.08 Å². The Morgan fingerprint density at radius 3 is 2.74 bits per heavy atom. The molecule has 0 bridgehead atoms. The number of phenolic OH excluding ortho intramolecular Hbond substituents is 1. The van der Waals surface area contributed by atoms with Crippen LogP contribution in [0.25, 0.3) is 0 Å². The van der Waals surface area contributed by atoms with E-state index in [1.165, 1.54) is 4.90 Å². The largest absolute Gasteiger partial charge is 0.508 e. The van der Waals surface area contributed by atoms with E-state index in [0.29, 0.717) is 12.0 Å². The smallest absolute Gasteiger partial charge is 0.325 e. The monoisotopic (exact) mass is 317 g/mol. The van der Waals surface area contributed by atoms with E-state index in [0.717, 1.165) is 12.8 Å². The highest BCUT2D eigenvalue weighted by Crippen LogP contribution is 2.23. The van der Waals surface area contributed by atoms with Gasteiger partial charge in [0.15, 0.2) is 0 Å². The Morgan fingerprint density at radius 1 is 1.30 bits per heavy atom. The molecule has 0 radical (unpaired) electrons. The van der Waals surface area contributed by atoms with E-state index in [-0.39, 0.29) is 37.3 Å². The summed E-state index contributed by atoms with van der Waals surface area (Å²) in [5, 5.41) is 9.92. The van der Waals surface area contributed by atoms with Gasteiger partial charge in [0.25, 0.3) is 0 Å². The fraction of sp³-hybridized carbons (Fsp3) is 0.444. The molecule has 0 unspecified atom stereocenters. The summed E-state index contributed by atoms with van der Waals surface area (Å²) in [4.78, 5) is 26.1. The lowest BCUT2D eigenvalue weighted by Gasteiger charge is -2.27. The quantitative estimate of drug-likeness (QED) is 0.647. The molecule has 1 N–H and O–H groups in total. The van der Waals surface area contributed by atoms with Gasteiger partial charge in [-0.2, -0.15) is 0 Å². The van der Waals surface area contributed by atoms with Crippen LogP contribution >= 0.6 is 0 Å². The number of esters is 1. The van der Waals surface area contributed by atoms with Gasteiger partial charge in [0.1, 0.15) is 12.3 Å². The lowest BCUT2D eigenvalue weighted by molar-refractivity contribution is -0.150. The van der Waals surface area contributed by atoms with Crippen LogP contribution in [0.3, 0.4) is 0 Å². The Balaban J connectivity index is 2.13. The molecule has 5 nitrogen and oxygen atoms in total. The van der Waals surface area contributed by atoms with Crippen molar-refractivity contribution in [2.24, 2.45) is 5.92 Å². The molecule has 23 heavy (non-hydrogen) atoms. The third-order valence-electron chi connectivity index (χ3n) is 3.91. The van der Waals surface area contributed by atoms with Crippen LogP contribution in [0.2, 0.25) is 0 Å². The van der Waals surface area contributed by atoms with Crippen LogP contribution in [-0.2, 0) is 20.9 Å². The highest BCUT2D eigenvalue weighted by molar-refractivity contribution is 5.84. The average Bonchev–Trinajstić information content (AvgIpc) is 2.56. The van der Waals surface area contributed by atoms with Crippen LogP contribution in [0, 0.1) is 5.92 Å². The lowest BCUT2D eigenvalue weighted by atomic mass is 9.93. The van der Waals surface area contributed by atoms with Crippen molar-refractivity contribution in [2.45, 2.75) is 32.7 Å². The minimum absolute atomic E-state index is 0.0642. The predicted molar refractivity (Wildman–Crippen MR) is 86.6 cm³/mol. The normalized spacial score (nSPS) is 16.8. The number of hydrogen-bond acceptors (Lipinski definition) is 4. The Kier molecular flexibility index (Phi) is 6.20. The van der Waals surface area contributed by atoms with Gasteiger partial charge in [-0.25, -0.2) is 0 Å². The summed E-state index contributed by atoms with van der Waals surface area (Å²) in [5.41, 5.74) is 0.622. The van der Waals surface area contributed by atoms with Crippen LogP contribution in [0.15, 0.2) is 36.4 Å². The maximum Gasteiger partial charge on any atom is 0.325 e. The van der Waals surface area contributed by atoms with Gasteiger partial charge in [-0.05, 0) is 32.3 Å². The number of allylic oxidation sites excluding steroid dienone is 2. The Morgan fingerprint density at radius 2 is 2.09 bits per heavy atom. The molecule has 1 aliphatic rings. The predicted octanol–water partition coefficient (Wildman–Crippen LogP) is 2.64. The fourth-order valence-electron chi connectivity index (χ4n) is 2.70. The van der Waals surface area contributed by atoms with Crippen molar-refractivity contribution in [3.05, 3.63) is 42.0 Å². The zero-order valence-corrected chi connectivity index (χ0v) is 13.4. The van der Waals surface area contributed by atoms with Gasteiger partial charge >= 0.3 is 5.97 Å². The molecule has 5 heteroatoms. The molecule has 0 saturated carbocycles. The maximum absolute atomic E-state index is 12.8. The third kappa shape index (κ3) is 4.84. The summed E-state index contributed by atoms with van der Waals surface area (Å²) in [6, 6.07) is 6.85. The van der Waals surface area contributed by atoms with Gasteiger partial charge in [0, 0.05) is 18.0 Å². The first kappa shape index (κ1) is 17.1. The summed E-state index contributed by atoms with van der Waals surface area (Å²) < 4.78 is 4.97. The molecule has 0 saturated heterocycles. The van der Waals surface area contributed by atoms with Crippen molar-refractivity contribution in [1.29, 1.82) is 0 Å². The van der Waals surface area contributed by atoms with E-state index in [4.69, 9.17) is 4.74 Å². The molecule has 0 aliphatic heterocycles. The van der Waals surface area contributed by atoms with Gasteiger partial charge in [-0.1, -0.05) is 30.4 Å². The zero-order valence-electron chi connectivity index (χ0n) is 13.4. The van der Waals surface area contributed by atoms with Crippen LogP contribution in [0.4, 0.5) is 0 Å². The van der Waals surface area contributed by atoms with Gasteiger partial charge < -0.3 is 14.7 Å². The minimum Gasteiger partial charge on any atom is -0.508 e. The van der Waals surface area contributed by atoms with Crippen molar-refractivity contribution >= 4 is 11.9 Å². The highest BCUT2D eigenvalue weighted by atomic mass is 16.5. The lowest BCUT2D eigenvalue weighted by Crippen LogP contribution is -2.40. The second-order valence-corrected chi connectivity index (χ2v) is 5.61. The molecule has 1 atom stereocenters. The Labute approximate surface area is 136 Å². The minimum atomic E-state index is -0.428. The van der Waals surface area contributed by atoms with E-state index in [9.17, 15) is 14.7 Å². The number of hydrogen-bond donors (Lipinski definition) is 1. The van der Waals surface area contributed by atoms with E-state index in [2.05, 4.69) is 6.08 Å². The number of benzene rings is 1. The van der Waals surface area contributed by atoms with Crippen molar-refractivity contribution in [2.75, 3.05) is 13.2 Å². The SMILES string of the molecule is CCOC(=O)CN(Cc1ccccc1O)C(=O)[C@H]1CC=CCC1. The summed E-state index contributed by atoms with van der Waals surface area (Å²) >= 11 is 0. The number of rotatable bonds is 6. The molecule has 0 spiro atoms. The number of phenols is 1. The molecule has 1 amide bonds. The van der Waals surface area contributed by atoms with E-state index in [1.54, 1.807) is 31.2 Å². The van der Waals surface area contributed by atoms with Crippen molar-refractivity contribution in [3.8, 4) is 5.75 Å². The highest BCUT2D eigenvalue weighted by Gasteiger charge is 2.27. The molecule has 1 aromatic rings. The second kappa shape index (κ2) is 8.36. The molecule has 2 rings (SSSR count). The standard InChI is InChI=1S/C18H23NO4/c1-2-23-17(21)13-19(12-15-10-6-7-11-16(15)20)18(22)14-8-4-3-5-9-14/h3-4,6-7,10-11,14,20H,2,5,8-9,12-13H2,1H3/t14-/m0/s1. The van der Waals surface area contributed by atoms with E-state index < -0.39 is 5.97 Å². The number of carbonyl (C=O) groups is 2. The first-order valence-corrected chi connectivity index (χ1v) is 7.98. The average molecular weight is 317 g/mol. The number of aromatic hydroxyl groups is 1. The number of ether oxygens (including phenoxy) is 1. The number of amides is 1. The summed E-state index contributed by atoms with van der Waals surface area (Å²) in [7, 11) is 0. The van der Waals surface area contributed by atoms with E-state index >= 15 is 0 Å².